The summed E-state index contributed by atoms with van der Waals surface area (Å²) in [6, 6.07) is -0.0302. The van der Waals surface area contributed by atoms with Crippen molar-refractivity contribution in [2.45, 2.75) is 19.4 Å². The van der Waals surface area contributed by atoms with Crippen molar-refractivity contribution in [3.8, 4) is 0 Å². The molecule has 2 aliphatic heterocycles. The third-order valence-corrected chi connectivity index (χ3v) is 3.41. The van der Waals surface area contributed by atoms with E-state index in [1.165, 1.54) is 6.92 Å². The number of nitrogens with zero attached hydrogens (tertiary/aromatic N) is 1. The Balaban J connectivity index is 2.16. The highest BCUT2D eigenvalue weighted by atomic mass is 16.5. The van der Waals surface area contributed by atoms with Gasteiger partial charge in [0.05, 0.1) is 25.2 Å². The molecule has 2 heterocycles. The second-order valence-electron chi connectivity index (χ2n) is 4.21. The SMILES string of the molecule is CC(=O)N1CC[C@H](C(=O)O)[C@H]2COC[C@@H]21. The Kier molecular flexibility index (Phi) is 2.65. The molecule has 0 spiro atoms. The molecule has 1 N–H and O–H groups in total. The molecule has 0 aromatic rings. The van der Waals surface area contributed by atoms with Crippen molar-refractivity contribution in [3.63, 3.8) is 0 Å². The lowest BCUT2D eigenvalue weighted by atomic mass is 9.81. The van der Waals surface area contributed by atoms with E-state index in [-0.39, 0.29) is 23.8 Å². The average molecular weight is 213 g/mol. The molecule has 84 valence electrons. The summed E-state index contributed by atoms with van der Waals surface area (Å²) in [5.74, 6) is -1.13. The number of carboxylic acid groups (broad SMARTS) is 1. The largest absolute Gasteiger partial charge is 0.481 e. The zero-order valence-corrected chi connectivity index (χ0v) is 8.68. The number of rotatable bonds is 1. The number of ether oxygens (including phenoxy) is 1. The Morgan fingerprint density at radius 2 is 2.13 bits per heavy atom. The second kappa shape index (κ2) is 3.81. The van der Waals surface area contributed by atoms with E-state index in [2.05, 4.69) is 0 Å². The van der Waals surface area contributed by atoms with Gasteiger partial charge in [0.1, 0.15) is 0 Å². The summed E-state index contributed by atoms with van der Waals surface area (Å²) < 4.78 is 5.30. The second-order valence-corrected chi connectivity index (χ2v) is 4.21. The molecule has 5 heteroatoms. The smallest absolute Gasteiger partial charge is 0.307 e. The van der Waals surface area contributed by atoms with Crippen LogP contribution in [0.15, 0.2) is 0 Å². The first-order valence-electron chi connectivity index (χ1n) is 5.19. The number of amides is 1. The van der Waals surface area contributed by atoms with E-state index in [1.54, 1.807) is 4.90 Å². The first-order valence-corrected chi connectivity index (χ1v) is 5.19. The van der Waals surface area contributed by atoms with Crippen molar-refractivity contribution >= 4 is 11.9 Å². The summed E-state index contributed by atoms with van der Waals surface area (Å²) in [6.45, 7) is 3.01. The molecule has 2 saturated heterocycles. The van der Waals surface area contributed by atoms with Crippen molar-refractivity contribution < 1.29 is 19.4 Å². The first kappa shape index (κ1) is 10.4. The molecule has 0 aromatic carbocycles. The maximum Gasteiger partial charge on any atom is 0.307 e. The number of piperidine rings is 1. The van der Waals surface area contributed by atoms with Crippen LogP contribution in [0.5, 0.6) is 0 Å². The van der Waals surface area contributed by atoms with Crippen molar-refractivity contribution in [2.75, 3.05) is 19.8 Å². The fourth-order valence-corrected chi connectivity index (χ4v) is 2.62. The van der Waals surface area contributed by atoms with Gasteiger partial charge in [-0.25, -0.2) is 0 Å². The van der Waals surface area contributed by atoms with Crippen LogP contribution >= 0.6 is 0 Å². The van der Waals surface area contributed by atoms with E-state index in [1.807, 2.05) is 0 Å². The van der Waals surface area contributed by atoms with Crippen LogP contribution in [-0.4, -0.2) is 47.7 Å². The number of carbonyl (C=O) groups is 2. The van der Waals surface area contributed by atoms with Crippen molar-refractivity contribution in [2.24, 2.45) is 11.8 Å². The molecule has 2 rings (SSSR count). The molecule has 0 aliphatic carbocycles. The summed E-state index contributed by atoms with van der Waals surface area (Å²) in [6.07, 6.45) is 0.541. The Labute approximate surface area is 88.0 Å². The van der Waals surface area contributed by atoms with Gasteiger partial charge in [0.25, 0.3) is 0 Å². The predicted octanol–water partition coefficient (Wildman–Crippen LogP) is -0.0456. The van der Waals surface area contributed by atoms with Crippen molar-refractivity contribution in [1.29, 1.82) is 0 Å². The lowest BCUT2D eigenvalue weighted by Gasteiger charge is -2.39. The zero-order valence-electron chi connectivity index (χ0n) is 8.68. The quantitative estimate of drug-likeness (QED) is 0.663. The molecule has 2 fully saturated rings. The third-order valence-electron chi connectivity index (χ3n) is 3.41. The molecule has 2 aliphatic rings. The molecule has 0 saturated carbocycles. The van der Waals surface area contributed by atoms with Crippen LogP contribution in [0, 0.1) is 11.8 Å². The molecular weight excluding hydrogens is 198 g/mol. The van der Waals surface area contributed by atoms with Crippen LogP contribution in [0.3, 0.4) is 0 Å². The lowest BCUT2D eigenvalue weighted by molar-refractivity contribution is -0.149. The molecule has 5 nitrogen and oxygen atoms in total. The number of fused-ring (bicyclic) bond motifs is 1. The highest BCUT2D eigenvalue weighted by molar-refractivity contribution is 5.75. The van der Waals surface area contributed by atoms with E-state index < -0.39 is 5.97 Å². The maximum atomic E-state index is 11.3. The molecule has 0 unspecified atom stereocenters. The summed E-state index contributed by atoms with van der Waals surface area (Å²) in [7, 11) is 0. The molecule has 15 heavy (non-hydrogen) atoms. The fraction of sp³-hybridized carbons (Fsp3) is 0.800. The number of carboxylic acids is 1. The summed E-state index contributed by atoms with van der Waals surface area (Å²) >= 11 is 0. The Morgan fingerprint density at radius 3 is 2.73 bits per heavy atom. The number of likely N-dealkylation sites (tertiary alicyclic amines) is 1. The van der Waals surface area contributed by atoms with Gasteiger partial charge in [-0.05, 0) is 6.42 Å². The highest BCUT2D eigenvalue weighted by Crippen LogP contribution is 2.33. The van der Waals surface area contributed by atoms with Gasteiger partial charge in [-0.3, -0.25) is 9.59 Å². The van der Waals surface area contributed by atoms with Crippen molar-refractivity contribution in [1.82, 2.24) is 4.90 Å². The average Bonchev–Trinajstić information content (AvgIpc) is 2.63. The molecule has 1 amide bonds. The first-order chi connectivity index (χ1) is 7.11. The van der Waals surface area contributed by atoms with E-state index >= 15 is 0 Å². The molecule has 0 bridgehead atoms. The predicted molar refractivity (Wildman–Crippen MR) is 51.2 cm³/mol. The van der Waals surface area contributed by atoms with E-state index in [0.717, 1.165) is 0 Å². The van der Waals surface area contributed by atoms with Gasteiger partial charge in [-0.1, -0.05) is 0 Å². The van der Waals surface area contributed by atoms with Crippen LogP contribution in [-0.2, 0) is 14.3 Å². The Hall–Kier alpha value is -1.10. The Bertz CT molecular complexity index is 263. The minimum atomic E-state index is -0.765. The van der Waals surface area contributed by atoms with Crippen LogP contribution in [0.4, 0.5) is 0 Å². The van der Waals surface area contributed by atoms with Gasteiger partial charge < -0.3 is 14.7 Å². The van der Waals surface area contributed by atoms with Crippen LogP contribution in [0.2, 0.25) is 0 Å². The minimum Gasteiger partial charge on any atom is -0.481 e. The van der Waals surface area contributed by atoms with Gasteiger partial charge in [-0.2, -0.15) is 0 Å². The monoisotopic (exact) mass is 213 g/mol. The third kappa shape index (κ3) is 1.71. The number of hydrogen-bond donors (Lipinski definition) is 1. The van der Waals surface area contributed by atoms with Crippen LogP contribution in [0.25, 0.3) is 0 Å². The maximum absolute atomic E-state index is 11.3. The number of aliphatic carboxylic acids is 1. The molecule has 3 atom stereocenters. The molecule has 0 aromatic heterocycles. The van der Waals surface area contributed by atoms with E-state index in [9.17, 15) is 9.59 Å². The summed E-state index contributed by atoms with van der Waals surface area (Å²) in [4.78, 5) is 24.1. The number of hydrogen-bond acceptors (Lipinski definition) is 3. The molecule has 0 radical (unpaired) electrons. The van der Waals surface area contributed by atoms with Crippen LogP contribution < -0.4 is 0 Å². The summed E-state index contributed by atoms with van der Waals surface area (Å²) in [5.41, 5.74) is 0. The zero-order chi connectivity index (χ0) is 11.0. The normalized spacial score (nSPS) is 35.0. The topological polar surface area (TPSA) is 66.8 Å². The fourth-order valence-electron chi connectivity index (χ4n) is 2.62. The highest BCUT2D eigenvalue weighted by Gasteiger charge is 2.45. The van der Waals surface area contributed by atoms with Gasteiger partial charge in [0.2, 0.25) is 5.91 Å². The van der Waals surface area contributed by atoms with Gasteiger partial charge in [0.15, 0.2) is 0 Å². The molecular formula is C10H15NO4. The summed E-state index contributed by atoms with van der Waals surface area (Å²) in [5, 5.41) is 9.05. The standard InChI is InChI=1S/C10H15NO4/c1-6(12)11-3-2-7(10(13)14)8-4-15-5-9(8)11/h7-9H,2-5H2,1H3,(H,13,14)/t7-,8+,9-/m0/s1. The number of carbonyl (C=O) groups excluding carboxylic acids is 1. The van der Waals surface area contributed by atoms with E-state index in [0.29, 0.717) is 26.2 Å². The minimum absolute atomic E-state index is 0.0133. The van der Waals surface area contributed by atoms with Gasteiger partial charge in [0, 0.05) is 19.4 Å². The van der Waals surface area contributed by atoms with E-state index in [4.69, 9.17) is 9.84 Å². The van der Waals surface area contributed by atoms with Crippen molar-refractivity contribution in [3.05, 3.63) is 0 Å². The van der Waals surface area contributed by atoms with Crippen LogP contribution in [0.1, 0.15) is 13.3 Å². The lowest BCUT2D eigenvalue weighted by Crippen LogP contribution is -2.52. The Morgan fingerprint density at radius 1 is 1.40 bits per heavy atom. The van der Waals surface area contributed by atoms with Gasteiger partial charge >= 0.3 is 5.97 Å². The van der Waals surface area contributed by atoms with Gasteiger partial charge in [-0.15, -0.1) is 0 Å².